The van der Waals surface area contributed by atoms with Crippen LogP contribution in [0.5, 0.6) is 0 Å². The van der Waals surface area contributed by atoms with Crippen LogP contribution in [0.25, 0.3) is 0 Å². The van der Waals surface area contributed by atoms with Crippen molar-refractivity contribution in [2.24, 2.45) is 7.05 Å². The Morgan fingerprint density at radius 1 is 1.75 bits per heavy atom. The van der Waals surface area contributed by atoms with Crippen LogP contribution in [0.2, 0.25) is 0 Å². The maximum Gasteiger partial charge on any atom is 0.200 e. The summed E-state index contributed by atoms with van der Waals surface area (Å²) in [5.74, 6) is 0.684. The molecule has 0 fully saturated rings. The largest absolute Gasteiger partial charge is 0.369 e. The predicted molar refractivity (Wildman–Crippen MR) is 46.6 cm³/mol. The third-order valence-corrected chi connectivity index (χ3v) is 1.85. The molecular weight excluding hydrogens is 154 g/mol. The summed E-state index contributed by atoms with van der Waals surface area (Å²) in [5.41, 5.74) is 6.52. The molecule has 0 aliphatic carbocycles. The summed E-state index contributed by atoms with van der Waals surface area (Å²) >= 11 is 0. The lowest BCUT2D eigenvalue weighted by Crippen LogP contribution is -2.03. The zero-order chi connectivity index (χ0) is 9.14. The number of carbonyl (C=O) groups is 1. The minimum absolute atomic E-state index is 0.190. The molecule has 0 saturated carbocycles. The molecule has 1 heterocycles. The highest BCUT2D eigenvalue weighted by Gasteiger charge is 2.03. The molecule has 0 bridgehead atoms. The number of rotatable bonds is 3. The summed E-state index contributed by atoms with van der Waals surface area (Å²) < 4.78 is 1.79. The van der Waals surface area contributed by atoms with Crippen LogP contribution in [0, 0.1) is 0 Å². The predicted octanol–water partition coefficient (Wildman–Crippen LogP) is 0.524. The van der Waals surface area contributed by atoms with E-state index in [2.05, 4.69) is 4.98 Å². The van der Waals surface area contributed by atoms with Gasteiger partial charge in [-0.25, -0.2) is 4.98 Å². The topological polar surface area (TPSA) is 60.9 Å². The average molecular weight is 167 g/mol. The van der Waals surface area contributed by atoms with Crippen LogP contribution in [0.15, 0.2) is 6.20 Å². The van der Waals surface area contributed by atoms with Crippen molar-refractivity contribution in [2.75, 3.05) is 5.73 Å². The maximum absolute atomic E-state index is 10.7. The Bertz CT molecular complexity index is 290. The summed E-state index contributed by atoms with van der Waals surface area (Å²) in [6.45, 7) is 1.58. The van der Waals surface area contributed by atoms with Crippen molar-refractivity contribution in [2.45, 2.75) is 19.8 Å². The van der Waals surface area contributed by atoms with Gasteiger partial charge in [-0.3, -0.25) is 0 Å². The normalized spacial score (nSPS) is 10.2. The molecule has 1 aromatic heterocycles. The van der Waals surface area contributed by atoms with E-state index in [0.29, 0.717) is 12.4 Å². The highest BCUT2D eigenvalue weighted by Crippen LogP contribution is 2.06. The molecule has 1 rings (SSSR count). The smallest absolute Gasteiger partial charge is 0.200 e. The minimum Gasteiger partial charge on any atom is -0.369 e. The Morgan fingerprint density at radius 2 is 2.42 bits per heavy atom. The fourth-order valence-corrected chi connectivity index (χ4v) is 0.997. The summed E-state index contributed by atoms with van der Waals surface area (Å²) in [7, 11) is 1.85. The van der Waals surface area contributed by atoms with E-state index in [1.54, 1.807) is 17.7 Å². The van der Waals surface area contributed by atoms with Crippen LogP contribution in [0.1, 0.15) is 19.0 Å². The van der Waals surface area contributed by atoms with Gasteiger partial charge in [-0.1, -0.05) is 0 Å². The number of nitrogen functional groups attached to an aromatic ring is 1. The van der Waals surface area contributed by atoms with Crippen molar-refractivity contribution in [1.82, 2.24) is 9.55 Å². The first-order valence-corrected chi connectivity index (χ1v) is 3.86. The molecule has 0 aliphatic heterocycles. The van der Waals surface area contributed by atoms with Gasteiger partial charge in [0.05, 0.1) is 6.20 Å². The van der Waals surface area contributed by atoms with E-state index in [9.17, 15) is 4.79 Å². The van der Waals surface area contributed by atoms with Gasteiger partial charge in [0.1, 0.15) is 5.78 Å². The number of Topliss-reactive ketones (excluding diaryl/α,β-unsaturated/α-hetero) is 1. The number of anilines is 1. The van der Waals surface area contributed by atoms with Gasteiger partial charge in [0.2, 0.25) is 0 Å². The van der Waals surface area contributed by atoms with Crippen molar-refractivity contribution in [3.8, 4) is 0 Å². The second-order valence-electron chi connectivity index (χ2n) is 2.87. The Labute approximate surface area is 71.4 Å². The fourth-order valence-electron chi connectivity index (χ4n) is 0.997. The van der Waals surface area contributed by atoms with Gasteiger partial charge < -0.3 is 15.1 Å². The molecule has 0 aromatic carbocycles. The number of ketones is 1. The lowest BCUT2D eigenvalue weighted by Gasteiger charge is -2.00. The first kappa shape index (κ1) is 8.77. The van der Waals surface area contributed by atoms with Gasteiger partial charge >= 0.3 is 0 Å². The number of hydrogen-bond donors (Lipinski definition) is 1. The van der Waals surface area contributed by atoms with Crippen molar-refractivity contribution >= 4 is 11.7 Å². The Kier molecular flexibility index (Phi) is 2.47. The van der Waals surface area contributed by atoms with Crippen LogP contribution in [0.3, 0.4) is 0 Å². The highest BCUT2D eigenvalue weighted by molar-refractivity contribution is 5.75. The van der Waals surface area contributed by atoms with E-state index in [1.165, 1.54) is 0 Å². The lowest BCUT2D eigenvalue weighted by atomic mass is 10.2. The standard InChI is InChI=1S/C8H13N3O/c1-6(12)3-4-7-5-10-8(9)11(7)2/h5H,3-4H2,1-2H3,(H2,9,10). The third-order valence-electron chi connectivity index (χ3n) is 1.85. The number of imidazole rings is 1. The molecule has 0 unspecified atom stereocenters. The van der Waals surface area contributed by atoms with Gasteiger partial charge in [0.25, 0.3) is 0 Å². The summed E-state index contributed by atoms with van der Waals surface area (Å²) in [6.07, 6.45) is 2.98. The summed E-state index contributed by atoms with van der Waals surface area (Å²) in [6, 6.07) is 0. The maximum atomic E-state index is 10.7. The molecular formula is C8H13N3O. The van der Waals surface area contributed by atoms with Gasteiger partial charge in [-0.15, -0.1) is 0 Å². The van der Waals surface area contributed by atoms with Crippen molar-refractivity contribution < 1.29 is 4.79 Å². The Morgan fingerprint density at radius 3 is 2.83 bits per heavy atom. The summed E-state index contributed by atoms with van der Waals surface area (Å²) in [5, 5.41) is 0. The third kappa shape index (κ3) is 1.84. The fraction of sp³-hybridized carbons (Fsp3) is 0.500. The van der Waals surface area contributed by atoms with Crippen LogP contribution in [0.4, 0.5) is 5.95 Å². The molecule has 4 heteroatoms. The van der Waals surface area contributed by atoms with E-state index in [1.807, 2.05) is 7.05 Å². The van der Waals surface area contributed by atoms with E-state index < -0.39 is 0 Å². The first-order valence-electron chi connectivity index (χ1n) is 3.86. The van der Waals surface area contributed by atoms with Crippen LogP contribution < -0.4 is 5.73 Å². The number of carbonyl (C=O) groups excluding carboxylic acids is 1. The molecule has 0 saturated heterocycles. The molecule has 66 valence electrons. The van der Waals surface area contributed by atoms with E-state index in [4.69, 9.17) is 5.73 Å². The number of nitrogens with two attached hydrogens (primary N) is 1. The second-order valence-corrected chi connectivity index (χ2v) is 2.87. The number of hydrogen-bond acceptors (Lipinski definition) is 3. The van der Waals surface area contributed by atoms with Gasteiger partial charge in [-0.2, -0.15) is 0 Å². The lowest BCUT2D eigenvalue weighted by molar-refractivity contribution is -0.117. The van der Waals surface area contributed by atoms with Crippen LogP contribution in [-0.2, 0) is 18.3 Å². The Hall–Kier alpha value is -1.32. The first-order chi connectivity index (χ1) is 5.61. The van der Waals surface area contributed by atoms with E-state index >= 15 is 0 Å². The van der Waals surface area contributed by atoms with Gasteiger partial charge in [0.15, 0.2) is 5.95 Å². The average Bonchev–Trinajstić information content (AvgIpc) is 2.30. The molecule has 2 N–H and O–H groups in total. The molecule has 0 atom stereocenters. The van der Waals surface area contributed by atoms with Crippen molar-refractivity contribution in [3.63, 3.8) is 0 Å². The quantitative estimate of drug-likeness (QED) is 0.714. The molecule has 1 aromatic rings. The summed E-state index contributed by atoms with van der Waals surface area (Å²) in [4.78, 5) is 14.6. The zero-order valence-corrected chi connectivity index (χ0v) is 7.37. The van der Waals surface area contributed by atoms with Crippen LogP contribution in [-0.4, -0.2) is 15.3 Å². The van der Waals surface area contributed by atoms with Crippen LogP contribution >= 0.6 is 0 Å². The van der Waals surface area contributed by atoms with E-state index in [-0.39, 0.29) is 5.78 Å². The SMILES string of the molecule is CC(=O)CCc1cnc(N)n1C. The monoisotopic (exact) mass is 167 g/mol. The molecule has 12 heavy (non-hydrogen) atoms. The minimum atomic E-state index is 0.190. The molecule has 0 radical (unpaired) electrons. The van der Waals surface area contributed by atoms with E-state index in [0.717, 1.165) is 12.1 Å². The molecule has 0 aliphatic rings. The molecule has 0 spiro atoms. The van der Waals surface area contributed by atoms with Gasteiger partial charge in [0, 0.05) is 19.2 Å². The Balaban J connectivity index is 2.63. The molecule has 0 amide bonds. The van der Waals surface area contributed by atoms with Crippen molar-refractivity contribution in [3.05, 3.63) is 11.9 Å². The van der Waals surface area contributed by atoms with Crippen molar-refractivity contribution in [1.29, 1.82) is 0 Å². The number of aromatic nitrogens is 2. The second kappa shape index (κ2) is 3.38. The number of aryl methyl sites for hydroxylation is 1. The zero-order valence-electron chi connectivity index (χ0n) is 7.37. The highest BCUT2D eigenvalue weighted by atomic mass is 16.1. The number of nitrogens with zero attached hydrogens (tertiary/aromatic N) is 2. The van der Waals surface area contributed by atoms with Gasteiger partial charge in [-0.05, 0) is 13.3 Å². The molecule has 4 nitrogen and oxygen atoms in total.